The summed E-state index contributed by atoms with van der Waals surface area (Å²) in [5, 5.41) is 3.27. The summed E-state index contributed by atoms with van der Waals surface area (Å²) in [5.41, 5.74) is 5.26. The fraction of sp³-hybridized carbons (Fsp3) is 0.857. The summed E-state index contributed by atoms with van der Waals surface area (Å²) < 4.78 is 0. The Morgan fingerprint density at radius 2 is 2.11 bits per heavy atom. The highest BCUT2D eigenvalue weighted by Crippen LogP contribution is 2.13. The molecule has 0 bridgehead atoms. The van der Waals surface area contributed by atoms with Gasteiger partial charge in [0.2, 0.25) is 11.8 Å². The summed E-state index contributed by atoms with van der Waals surface area (Å²) in [6, 6.07) is 0.125. The Morgan fingerprint density at radius 1 is 1.32 bits per heavy atom. The molecule has 5 heteroatoms. The van der Waals surface area contributed by atoms with E-state index in [4.69, 9.17) is 5.73 Å². The first-order valence-corrected chi connectivity index (χ1v) is 7.43. The second-order valence-corrected chi connectivity index (χ2v) is 5.30. The molecule has 0 aromatic rings. The highest BCUT2D eigenvalue weighted by Gasteiger charge is 2.25. The average molecular weight is 269 g/mol. The van der Waals surface area contributed by atoms with Gasteiger partial charge in [-0.25, -0.2) is 0 Å². The number of nitrogens with zero attached hydrogens (tertiary/aromatic N) is 1. The van der Waals surface area contributed by atoms with E-state index in [9.17, 15) is 9.59 Å². The predicted molar refractivity (Wildman–Crippen MR) is 75.6 cm³/mol. The van der Waals surface area contributed by atoms with Gasteiger partial charge in [0.1, 0.15) is 0 Å². The zero-order valence-electron chi connectivity index (χ0n) is 12.0. The standard InChI is InChI=1S/C14H27N3O2/c1-2-3-4-5-8-14(19)17(11-13(15)18)12-7-6-9-16-10-12/h12,16H,2-11H2,1H3,(H2,15,18). The normalized spacial score (nSPS) is 19.1. The molecule has 0 aromatic carbocycles. The van der Waals surface area contributed by atoms with Crippen molar-refractivity contribution >= 4 is 11.8 Å². The Kier molecular flexibility index (Phi) is 7.48. The van der Waals surface area contributed by atoms with Crippen molar-refractivity contribution in [3.63, 3.8) is 0 Å². The molecule has 0 radical (unpaired) electrons. The van der Waals surface area contributed by atoms with Gasteiger partial charge in [-0.1, -0.05) is 26.2 Å². The molecule has 2 amide bonds. The van der Waals surface area contributed by atoms with Gasteiger partial charge >= 0.3 is 0 Å². The van der Waals surface area contributed by atoms with Gasteiger partial charge in [-0.05, 0) is 25.8 Å². The maximum Gasteiger partial charge on any atom is 0.237 e. The van der Waals surface area contributed by atoms with E-state index in [2.05, 4.69) is 12.2 Å². The summed E-state index contributed by atoms with van der Waals surface area (Å²) >= 11 is 0. The van der Waals surface area contributed by atoms with E-state index in [0.29, 0.717) is 6.42 Å². The fourth-order valence-electron chi connectivity index (χ4n) is 2.53. The van der Waals surface area contributed by atoms with Crippen LogP contribution in [-0.2, 0) is 9.59 Å². The number of primary amides is 1. The topological polar surface area (TPSA) is 75.4 Å². The van der Waals surface area contributed by atoms with Crippen LogP contribution in [0, 0.1) is 0 Å². The predicted octanol–water partition coefficient (Wildman–Crippen LogP) is 1.02. The van der Waals surface area contributed by atoms with Crippen molar-refractivity contribution < 1.29 is 9.59 Å². The van der Waals surface area contributed by atoms with Crippen molar-refractivity contribution in [2.24, 2.45) is 5.73 Å². The largest absolute Gasteiger partial charge is 0.368 e. The van der Waals surface area contributed by atoms with Crippen LogP contribution in [0.2, 0.25) is 0 Å². The number of hydrogen-bond acceptors (Lipinski definition) is 3. The summed E-state index contributed by atoms with van der Waals surface area (Å²) in [6.07, 6.45) is 6.84. The maximum atomic E-state index is 12.2. The molecule has 0 spiro atoms. The van der Waals surface area contributed by atoms with Gasteiger partial charge in [0.15, 0.2) is 0 Å². The molecular formula is C14H27N3O2. The van der Waals surface area contributed by atoms with E-state index in [1.54, 1.807) is 4.90 Å². The molecule has 1 fully saturated rings. The molecule has 0 aromatic heterocycles. The van der Waals surface area contributed by atoms with Gasteiger partial charge in [-0.2, -0.15) is 0 Å². The first kappa shape index (κ1) is 16.0. The molecule has 1 aliphatic heterocycles. The number of unbranched alkanes of at least 4 members (excludes halogenated alkanes) is 3. The van der Waals surface area contributed by atoms with Gasteiger partial charge in [-0.3, -0.25) is 9.59 Å². The van der Waals surface area contributed by atoms with Gasteiger partial charge in [0.05, 0.1) is 6.54 Å². The number of amides is 2. The van der Waals surface area contributed by atoms with Crippen LogP contribution >= 0.6 is 0 Å². The van der Waals surface area contributed by atoms with Crippen LogP contribution in [0.25, 0.3) is 0 Å². The first-order chi connectivity index (χ1) is 9.15. The second-order valence-electron chi connectivity index (χ2n) is 5.30. The van der Waals surface area contributed by atoms with Crippen LogP contribution < -0.4 is 11.1 Å². The minimum atomic E-state index is -0.424. The van der Waals surface area contributed by atoms with Gasteiger partial charge in [-0.15, -0.1) is 0 Å². The smallest absolute Gasteiger partial charge is 0.237 e. The molecule has 1 saturated heterocycles. The number of rotatable bonds is 8. The van der Waals surface area contributed by atoms with Crippen molar-refractivity contribution in [2.45, 2.75) is 57.9 Å². The number of nitrogens with one attached hydrogen (secondary N) is 1. The zero-order chi connectivity index (χ0) is 14.1. The second kappa shape index (κ2) is 8.91. The van der Waals surface area contributed by atoms with E-state index in [1.165, 1.54) is 0 Å². The number of carbonyl (C=O) groups is 2. The molecule has 5 nitrogen and oxygen atoms in total. The van der Waals surface area contributed by atoms with Crippen LogP contribution in [0.3, 0.4) is 0 Å². The van der Waals surface area contributed by atoms with E-state index in [-0.39, 0.29) is 18.5 Å². The van der Waals surface area contributed by atoms with Crippen LogP contribution in [0.4, 0.5) is 0 Å². The molecule has 19 heavy (non-hydrogen) atoms. The minimum absolute atomic E-state index is 0.0545. The third-order valence-corrected chi connectivity index (χ3v) is 3.60. The van der Waals surface area contributed by atoms with Crippen LogP contribution in [0.5, 0.6) is 0 Å². The number of carbonyl (C=O) groups excluding carboxylic acids is 2. The minimum Gasteiger partial charge on any atom is -0.368 e. The average Bonchev–Trinajstić information content (AvgIpc) is 2.41. The number of piperidine rings is 1. The molecule has 0 aliphatic carbocycles. The van der Waals surface area contributed by atoms with Crippen molar-refractivity contribution in [3.8, 4) is 0 Å². The first-order valence-electron chi connectivity index (χ1n) is 7.43. The monoisotopic (exact) mass is 269 g/mol. The number of nitrogens with two attached hydrogens (primary N) is 1. The molecule has 0 saturated carbocycles. The quantitative estimate of drug-likeness (QED) is 0.646. The van der Waals surface area contributed by atoms with Gasteiger partial charge in [0.25, 0.3) is 0 Å². The Balaban J connectivity index is 2.46. The molecule has 1 aliphatic rings. The van der Waals surface area contributed by atoms with E-state index < -0.39 is 5.91 Å². The summed E-state index contributed by atoms with van der Waals surface area (Å²) in [5.74, 6) is -0.351. The molecule has 1 unspecified atom stereocenters. The van der Waals surface area contributed by atoms with E-state index >= 15 is 0 Å². The van der Waals surface area contributed by atoms with Crippen LogP contribution in [0.15, 0.2) is 0 Å². The van der Waals surface area contributed by atoms with Crippen LogP contribution in [0.1, 0.15) is 51.9 Å². The molecular weight excluding hydrogens is 242 g/mol. The third kappa shape index (κ3) is 6.05. The van der Waals surface area contributed by atoms with Gasteiger partial charge in [0, 0.05) is 19.0 Å². The van der Waals surface area contributed by atoms with Crippen molar-refractivity contribution in [3.05, 3.63) is 0 Å². The Bertz CT molecular complexity index is 288. The summed E-state index contributed by atoms with van der Waals surface area (Å²) in [7, 11) is 0. The SMILES string of the molecule is CCCCCCC(=O)N(CC(N)=O)C1CCCNC1. The lowest BCUT2D eigenvalue weighted by molar-refractivity contribution is -0.138. The molecule has 110 valence electrons. The Labute approximate surface area is 115 Å². The lowest BCUT2D eigenvalue weighted by atomic mass is 10.0. The maximum absolute atomic E-state index is 12.2. The lowest BCUT2D eigenvalue weighted by Gasteiger charge is -2.34. The summed E-state index contributed by atoms with van der Waals surface area (Å²) in [4.78, 5) is 25.1. The van der Waals surface area contributed by atoms with Crippen molar-refractivity contribution in [1.82, 2.24) is 10.2 Å². The van der Waals surface area contributed by atoms with E-state index in [0.717, 1.165) is 51.6 Å². The highest BCUT2D eigenvalue weighted by atomic mass is 16.2. The van der Waals surface area contributed by atoms with Crippen molar-refractivity contribution in [1.29, 1.82) is 0 Å². The fourth-order valence-corrected chi connectivity index (χ4v) is 2.53. The molecule has 1 atom stereocenters. The summed E-state index contributed by atoms with van der Waals surface area (Å²) in [6.45, 7) is 3.97. The Hall–Kier alpha value is -1.10. The molecule has 1 rings (SSSR count). The van der Waals surface area contributed by atoms with E-state index in [1.807, 2.05) is 0 Å². The zero-order valence-corrected chi connectivity index (χ0v) is 12.0. The number of hydrogen-bond donors (Lipinski definition) is 2. The van der Waals surface area contributed by atoms with Crippen LogP contribution in [-0.4, -0.2) is 42.4 Å². The third-order valence-electron chi connectivity index (χ3n) is 3.60. The highest BCUT2D eigenvalue weighted by molar-refractivity contribution is 5.84. The molecule has 3 N–H and O–H groups in total. The molecule has 1 heterocycles. The Morgan fingerprint density at radius 3 is 2.68 bits per heavy atom. The lowest BCUT2D eigenvalue weighted by Crippen LogP contribution is -2.51. The van der Waals surface area contributed by atoms with Gasteiger partial charge < -0.3 is 16.0 Å². The van der Waals surface area contributed by atoms with Crippen molar-refractivity contribution in [2.75, 3.05) is 19.6 Å².